The SMILES string of the molecule is CC[C@H](C)NC(=O)CCCSc1ccccc1. The molecule has 3 heteroatoms. The van der Waals surface area contributed by atoms with Crippen molar-refractivity contribution in [1.29, 1.82) is 0 Å². The van der Waals surface area contributed by atoms with Gasteiger partial charge in [-0.2, -0.15) is 0 Å². The first-order valence-corrected chi connectivity index (χ1v) is 7.18. The van der Waals surface area contributed by atoms with Gasteiger partial charge in [0.15, 0.2) is 0 Å². The van der Waals surface area contributed by atoms with Crippen LogP contribution in [0.4, 0.5) is 0 Å². The van der Waals surface area contributed by atoms with Crippen molar-refractivity contribution in [2.24, 2.45) is 0 Å². The number of carbonyl (C=O) groups excluding carboxylic acids is 1. The zero-order chi connectivity index (χ0) is 12.5. The fourth-order valence-electron chi connectivity index (χ4n) is 1.39. The number of benzene rings is 1. The van der Waals surface area contributed by atoms with E-state index in [9.17, 15) is 4.79 Å². The molecule has 0 bridgehead atoms. The lowest BCUT2D eigenvalue weighted by Crippen LogP contribution is -2.31. The predicted molar refractivity (Wildman–Crippen MR) is 74.3 cm³/mol. The summed E-state index contributed by atoms with van der Waals surface area (Å²) in [6, 6.07) is 10.6. The number of hydrogen-bond acceptors (Lipinski definition) is 2. The fraction of sp³-hybridized carbons (Fsp3) is 0.500. The number of carbonyl (C=O) groups is 1. The Morgan fingerprint density at radius 1 is 1.35 bits per heavy atom. The van der Waals surface area contributed by atoms with Gasteiger partial charge in [0.1, 0.15) is 0 Å². The molecule has 1 aromatic carbocycles. The van der Waals surface area contributed by atoms with Crippen molar-refractivity contribution in [2.45, 2.75) is 44.0 Å². The van der Waals surface area contributed by atoms with E-state index in [2.05, 4.69) is 24.4 Å². The Morgan fingerprint density at radius 3 is 2.71 bits per heavy atom. The minimum Gasteiger partial charge on any atom is -0.354 e. The Labute approximate surface area is 108 Å². The lowest BCUT2D eigenvalue weighted by molar-refractivity contribution is -0.121. The van der Waals surface area contributed by atoms with E-state index in [0.29, 0.717) is 12.5 Å². The van der Waals surface area contributed by atoms with Crippen molar-refractivity contribution in [3.05, 3.63) is 30.3 Å². The molecule has 0 unspecified atom stereocenters. The minimum absolute atomic E-state index is 0.174. The van der Waals surface area contributed by atoms with Crippen LogP contribution in [0.15, 0.2) is 35.2 Å². The second-order valence-corrected chi connectivity index (χ2v) is 5.31. The molecular weight excluding hydrogens is 230 g/mol. The number of nitrogens with one attached hydrogen (secondary N) is 1. The van der Waals surface area contributed by atoms with E-state index in [-0.39, 0.29) is 5.91 Å². The number of rotatable bonds is 7. The Hall–Kier alpha value is -0.960. The summed E-state index contributed by atoms with van der Waals surface area (Å²) in [5.41, 5.74) is 0. The third-order valence-electron chi connectivity index (χ3n) is 2.58. The van der Waals surface area contributed by atoms with Gasteiger partial charge in [-0.25, -0.2) is 0 Å². The zero-order valence-electron chi connectivity index (χ0n) is 10.6. The smallest absolute Gasteiger partial charge is 0.220 e. The summed E-state index contributed by atoms with van der Waals surface area (Å²) >= 11 is 1.81. The summed E-state index contributed by atoms with van der Waals surface area (Å²) in [6.07, 6.45) is 2.55. The topological polar surface area (TPSA) is 29.1 Å². The third kappa shape index (κ3) is 6.37. The van der Waals surface area contributed by atoms with Gasteiger partial charge in [0.2, 0.25) is 5.91 Å². The van der Waals surface area contributed by atoms with Gasteiger partial charge in [0, 0.05) is 17.4 Å². The monoisotopic (exact) mass is 251 g/mol. The van der Waals surface area contributed by atoms with Gasteiger partial charge >= 0.3 is 0 Å². The van der Waals surface area contributed by atoms with Gasteiger partial charge in [-0.05, 0) is 37.7 Å². The maximum Gasteiger partial charge on any atom is 0.220 e. The van der Waals surface area contributed by atoms with Crippen LogP contribution in [0.5, 0.6) is 0 Å². The van der Waals surface area contributed by atoms with Crippen molar-refractivity contribution in [2.75, 3.05) is 5.75 Å². The van der Waals surface area contributed by atoms with E-state index in [0.717, 1.165) is 18.6 Å². The molecule has 0 aliphatic heterocycles. The summed E-state index contributed by atoms with van der Waals surface area (Å²) in [4.78, 5) is 12.8. The molecule has 0 aromatic heterocycles. The molecule has 17 heavy (non-hydrogen) atoms. The molecule has 0 fully saturated rings. The molecule has 1 atom stereocenters. The van der Waals surface area contributed by atoms with Crippen molar-refractivity contribution in [3.63, 3.8) is 0 Å². The van der Waals surface area contributed by atoms with Crippen LogP contribution < -0.4 is 5.32 Å². The van der Waals surface area contributed by atoms with E-state index < -0.39 is 0 Å². The van der Waals surface area contributed by atoms with Crippen LogP contribution in [0.3, 0.4) is 0 Å². The predicted octanol–water partition coefficient (Wildman–Crippen LogP) is 3.47. The first-order chi connectivity index (χ1) is 8.22. The highest BCUT2D eigenvalue weighted by atomic mass is 32.2. The average Bonchev–Trinajstić information content (AvgIpc) is 2.36. The molecule has 1 amide bonds. The summed E-state index contributed by atoms with van der Waals surface area (Å²) in [7, 11) is 0. The molecule has 1 N–H and O–H groups in total. The normalized spacial score (nSPS) is 12.1. The van der Waals surface area contributed by atoms with E-state index in [1.165, 1.54) is 4.90 Å². The van der Waals surface area contributed by atoms with Gasteiger partial charge in [0.05, 0.1) is 0 Å². The quantitative estimate of drug-likeness (QED) is 0.594. The van der Waals surface area contributed by atoms with Gasteiger partial charge in [-0.1, -0.05) is 25.1 Å². The van der Waals surface area contributed by atoms with Crippen LogP contribution in [-0.4, -0.2) is 17.7 Å². The number of hydrogen-bond donors (Lipinski definition) is 1. The van der Waals surface area contributed by atoms with Gasteiger partial charge in [-0.15, -0.1) is 11.8 Å². The molecule has 0 saturated carbocycles. The second kappa shape index (κ2) is 8.18. The van der Waals surface area contributed by atoms with Crippen LogP contribution >= 0.6 is 11.8 Å². The molecule has 0 radical (unpaired) electrons. The van der Waals surface area contributed by atoms with E-state index in [1.54, 1.807) is 0 Å². The average molecular weight is 251 g/mol. The van der Waals surface area contributed by atoms with Crippen LogP contribution in [0.25, 0.3) is 0 Å². The Kier molecular flexibility index (Phi) is 6.78. The van der Waals surface area contributed by atoms with Crippen molar-refractivity contribution >= 4 is 17.7 Å². The molecule has 0 spiro atoms. The molecular formula is C14H21NOS. The highest BCUT2D eigenvalue weighted by molar-refractivity contribution is 7.99. The Morgan fingerprint density at radius 2 is 2.06 bits per heavy atom. The number of thioether (sulfide) groups is 1. The van der Waals surface area contributed by atoms with Gasteiger partial charge in [-0.3, -0.25) is 4.79 Å². The van der Waals surface area contributed by atoms with Crippen molar-refractivity contribution < 1.29 is 4.79 Å². The summed E-state index contributed by atoms with van der Waals surface area (Å²) < 4.78 is 0. The van der Waals surface area contributed by atoms with Crippen molar-refractivity contribution in [3.8, 4) is 0 Å². The molecule has 94 valence electrons. The van der Waals surface area contributed by atoms with Gasteiger partial charge < -0.3 is 5.32 Å². The summed E-state index contributed by atoms with van der Waals surface area (Å²) in [6.45, 7) is 4.12. The highest BCUT2D eigenvalue weighted by Crippen LogP contribution is 2.18. The molecule has 1 rings (SSSR count). The summed E-state index contributed by atoms with van der Waals surface area (Å²) in [5.74, 6) is 1.17. The molecule has 2 nitrogen and oxygen atoms in total. The molecule has 1 aromatic rings. The maximum atomic E-state index is 11.5. The first kappa shape index (κ1) is 14.1. The first-order valence-electron chi connectivity index (χ1n) is 6.19. The maximum absolute atomic E-state index is 11.5. The van der Waals surface area contributed by atoms with Crippen LogP contribution in [-0.2, 0) is 4.79 Å². The second-order valence-electron chi connectivity index (χ2n) is 4.14. The Bertz CT molecular complexity index is 326. The standard InChI is InChI=1S/C14H21NOS/c1-3-12(2)15-14(16)10-7-11-17-13-8-5-4-6-9-13/h4-6,8-9,12H,3,7,10-11H2,1-2H3,(H,15,16)/t12-/m0/s1. The van der Waals surface area contributed by atoms with Crippen LogP contribution in [0.2, 0.25) is 0 Å². The van der Waals surface area contributed by atoms with Crippen LogP contribution in [0, 0.1) is 0 Å². The molecule has 0 heterocycles. The summed E-state index contributed by atoms with van der Waals surface area (Å²) in [5, 5.41) is 2.98. The van der Waals surface area contributed by atoms with Crippen molar-refractivity contribution in [1.82, 2.24) is 5.32 Å². The molecule has 0 aliphatic carbocycles. The lowest BCUT2D eigenvalue weighted by Gasteiger charge is -2.10. The van der Waals surface area contributed by atoms with E-state index in [4.69, 9.17) is 0 Å². The lowest BCUT2D eigenvalue weighted by atomic mass is 10.2. The van der Waals surface area contributed by atoms with Gasteiger partial charge in [0.25, 0.3) is 0 Å². The van der Waals surface area contributed by atoms with E-state index >= 15 is 0 Å². The largest absolute Gasteiger partial charge is 0.354 e. The zero-order valence-corrected chi connectivity index (χ0v) is 11.4. The molecule has 0 aliphatic rings. The Balaban J connectivity index is 2.10. The highest BCUT2D eigenvalue weighted by Gasteiger charge is 2.04. The fourth-order valence-corrected chi connectivity index (χ4v) is 2.26. The van der Waals surface area contributed by atoms with E-state index in [1.807, 2.05) is 36.9 Å². The van der Waals surface area contributed by atoms with Crippen LogP contribution in [0.1, 0.15) is 33.1 Å². The number of amides is 1. The third-order valence-corrected chi connectivity index (χ3v) is 3.68. The minimum atomic E-state index is 0.174. The molecule has 0 saturated heterocycles.